The summed E-state index contributed by atoms with van der Waals surface area (Å²) in [5, 5.41) is 26.1. The molecule has 12 nitrogen and oxygen atoms in total. The highest BCUT2D eigenvalue weighted by molar-refractivity contribution is 5.76. The molecule has 12 heteroatoms. The van der Waals surface area contributed by atoms with Gasteiger partial charge in [0.2, 0.25) is 0 Å². The molecule has 2 aromatic rings. The summed E-state index contributed by atoms with van der Waals surface area (Å²) in [6, 6.07) is 15.2. The molecule has 0 saturated carbocycles. The SMILES string of the molecule is Cc1cccc(OC(=O)N=NC(=O)Oc2ccccc2)c1.O=C(O)N=NC(=O)O. The Kier molecular flexibility index (Phi) is 9.34. The van der Waals surface area contributed by atoms with Gasteiger partial charge in [0, 0.05) is 0 Å². The Hall–Kier alpha value is -4.48. The average Bonchev–Trinajstić information content (AvgIpc) is 2.66. The molecule has 2 rings (SSSR count). The molecule has 4 amide bonds. The van der Waals surface area contributed by atoms with Crippen LogP contribution in [0.1, 0.15) is 5.56 Å². The molecule has 0 fully saturated rings. The van der Waals surface area contributed by atoms with E-state index in [1.54, 1.807) is 48.5 Å². The zero-order valence-electron chi connectivity index (χ0n) is 14.8. The maximum atomic E-state index is 11.4. The first-order valence-electron chi connectivity index (χ1n) is 7.61. The van der Waals surface area contributed by atoms with Gasteiger partial charge in [-0.2, -0.15) is 0 Å². The van der Waals surface area contributed by atoms with Crippen LogP contribution in [0.5, 0.6) is 11.5 Å². The standard InChI is InChI=1S/C15H12N2O4.C2H2N2O4/c1-11-6-5-9-13(10-11)21-15(19)17-16-14(18)20-12-7-3-2-4-8-12;5-1(6)3-4-2(7)8/h2-10H,1H3;(H,5,6)(H,7,8). The van der Waals surface area contributed by atoms with Gasteiger partial charge in [-0.15, -0.1) is 0 Å². The van der Waals surface area contributed by atoms with E-state index >= 15 is 0 Å². The summed E-state index contributed by atoms with van der Waals surface area (Å²) in [5.74, 6) is 0.642. The molecular weight excluding hydrogens is 388 g/mol. The Morgan fingerprint density at radius 3 is 1.66 bits per heavy atom. The molecule has 0 heterocycles. The zero-order chi connectivity index (χ0) is 21.6. The van der Waals surface area contributed by atoms with Crippen LogP contribution < -0.4 is 9.47 Å². The monoisotopic (exact) mass is 402 g/mol. The van der Waals surface area contributed by atoms with Crippen molar-refractivity contribution < 1.29 is 38.9 Å². The molecule has 2 N–H and O–H groups in total. The number of carbonyl (C=O) groups excluding carboxylic acids is 2. The molecule has 0 saturated heterocycles. The van der Waals surface area contributed by atoms with Crippen LogP contribution in [0.4, 0.5) is 19.2 Å². The largest absolute Gasteiger partial charge is 0.462 e. The van der Waals surface area contributed by atoms with Crippen molar-refractivity contribution in [2.24, 2.45) is 20.5 Å². The van der Waals surface area contributed by atoms with Crippen molar-refractivity contribution in [2.75, 3.05) is 0 Å². The Morgan fingerprint density at radius 2 is 1.17 bits per heavy atom. The summed E-state index contributed by atoms with van der Waals surface area (Å²) in [6.45, 7) is 1.86. The van der Waals surface area contributed by atoms with E-state index in [9.17, 15) is 19.2 Å². The predicted octanol–water partition coefficient (Wildman–Crippen LogP) is 4.94. The molecule has 0 aromatic heterocycles. The molecule has 0 aliphatic heterocycles. The molecule has 2 aromatic carbocycles. The minimum Gasteiger partial charge on any atom is -0.462 e. The lowest BCUT2D eigenvalue weighted by Gasteiger charge is -2.00. The maximum absolute atomic E-state index is 11.4. The second kappa shape index (κ2) is 12.0. The fraction of sp³-hybridized carbons (Fsp3) is 0.0588. The number of nitrogens with zero attached hydrogens (tertiary/aromatic N) is 4. The minimum atomic E-state index is -1.62. The zero-order valence-corrected chi connectivity index (χ0v) is 14.8. The second-order valence-corrected chi connectivity index (χ2v) is 4.83. The van der Waals surface area contributed by atoms with Gasteiger partial charge in [-0.05, 0) is 36.8 Å². The first kappa shape index (κ1) is 22.6. The van der Waals surface area contributed by atoms with E-state index in [-0.39, 0.29) is 0 Å². The van der Waals surface area contributed by atoms with E-state index in [0.29, 0.717) is 11.5 Å². The van der Waals surface area contributed by atoms with Crippen LogP contribution in [0.3, 0.4) is 0 Å². The molecule has 0 bridgehead atoms. The van der Waals surface area contributed by atoms with E-state index in [4.69, 9.17) is 19.7 Å². The Bertz CT molecular complexity index is 912. The van der Waals surface area contributed by atoms with Gasteiger partial charge in [0.25, 0.3) is 0 Å². The molecule has 0 unspecified atom stereocenters. The first-order chi connectivity index (χ1) is 13.8. The van der Waals surface area contributed by atoms with Crippen molar-refractivity contribution in [1.29, 1.82) is 0 Å². The fourth-order valence-corrected chi connectivity index (χ4v) is 1.58. The van der Waals surface area contributed by atoms with Crippen molar-refractivity contribution >= 4 is 24.4 Å². The highest BCUT2D eigenvalue weighted by atomic mass is 16.6. The molecule has 150 valence electrons. The van der Waals surface area contributed by atoms with E-state index in [2.05, 4.69) is 20.5 Å². The van der Waals surface area contributed by atoms with Gasteiger partial charge in [0.05, 0.1) is 0 Å². The lowest BCUT2D eigenvalue weighted by Crippen LogP contribution is -2.05. The third-order valence-corrected chi connectivity index (χ3v) is 2.58. The molecule has 0 aliphatic rings. The summed E-state index contributed by atoms with van der Waals surface area (Å²) in [5.41, 5.74) is 0.931. The number of para-hydroxylation sites is 1. The topological polar surface area (TPSA) is 177 Å². The van der Waals surface area contributed by atoms with E-state index < -0.39 is 24.4 Å². The van der Waals surface area contributed by atoms with E-state index in [1.165, 1.54) is 0 Å². The van der Waals surface area contributed by atoms with Gasteiger partial charge in [-0.25, -0.2) is 19.2 Å². The molecule has 0 radical (unpaired) electrons. The van der Waals surface area contributed by atoms with Gasteiger partial charge in [-0.1, -0.05) is 50.8 Å². The van der Waals surface area contributed by atoms with Crippen molar-refractivity contribution in [3.63, 3.8) is 0 Å². The van der Waals surface area contributed by atoms with Crippen LogP contribution in [0, 0.1) is 6.92 Å². The number of carboxylic acid groups (broad SMARTS) is 2. The summed E-state index contributed by atoms with van der Waals surface area (Å²) in [4.78, 5) is 41.5. The molecular formula is C17H14N4O8. The highest BCUT2D eigenvalue weighted by Gasteiger charge is 2.06. The molecule has 0 spiro atoms. The summed E-state index contributed by atoms with van der Waals surface area (Å²) in [6.07, 6.45) is -5.23. The van der Waals surface area contributed by atoms with Crippen LogP contribution in [0.25, 0.3) is 0 Å². The number of hydrogen-bond acceptors (Lipinski definition) is 6. The van der Waals surface area contributed by atoms with Gasteiger partial charge >= 0.3 is 24.4 Å². The van der Waals surface area contributed by atoms with Gasteiger partial charge in [0.1, 0.15) is 11.5 Å². The van der Waals surface area contributed by atoms with Crippen LogP contribution in [-0.4, -0.2) is 34.6 Å². The second-order valence-electron chi connectivity index (χ2n) is 4.83. The number of ether oxygens (including phenoxy) is 2. The normalized spacial score (nSPS) is 10.1. The number of amides is 4. The lowest BCUT2D eigenvalue weighted by molar-refractivity contribution is 0.194. The third-order valence-electron chi connectivity index (χ3n) is 2.58. The van der Waals surface area contributed by atoms with Crippen LogP contribution in [-0.2, 0) is 0 Å². The predicted molar refractivity (Wildman–Crippen MR) is 95.4 cm³/mol. The van der Waals surface area contributed by atoms with Gasteiger partial charge < -0.3 is 19.7 Å². The molecule has 0 aliphatic carbocycles. The van der Waals surface area contributed by atoms with Crippen LogP contribution in [0.15, 0.2) is 75.1 Å². The van der Waals surface area contributed by atoms with Crippen molar-refractivity contribution in [3.05, 3.63) is 60.2 Å². The number of rotatable bonds is 2. The van der Waals surface area contributed by atoms with E-state index in [1.807, 2.05) is 13.0 Å². The fourth-order valence-electron chi connectivity index (χ4n) is 1.58. The number of benzene rings is 2. The van der Waals surface area contributed by atoms with Crippen molar-refractivity contribution in [3.8, 4) is 11.5 Å². The van der Waals surface area contributed by atoms with Crippen molar-refractivity contribution in [2.45, 2.75) is 6.92 Å². The Balaban J connectivity index is 0.000000447. The Labute approximate surface area is 163 Å². The lowest BCUT2D eigenvalue weighted by atomic mass is 10.2. The smallest absolute Gasteiger partial charge is 0.458 e. The maximum Gasteiger partial charge on any atom is 0.458 e. The number of hydrogen-bond donors (Lipinski definition) is 2. The summed E-state index contributed by atoms with van der Waals surface area (Å²) >= 11 is 0. The summed E-state index contributed by atoms with van der Waals surface area (Å²) in [7, 11) is 0. The third kappa shape index (κ3) is 11.0. The molecule has 0 atom stereocenters. The van der Waals surface area contributed by atoms with E-state index in [0.717, 1.165) is 5.56 Å². The highest BCUT2D eigenvalue weighted by Crippen LogP contribution is 2.13. The van der Waals surface area contributed by atoms with Gasteiger partial charge in [-0.3, -0.25) is 0 Å². The van der Waals surface area contributed by atoms with Crippen LogP contribution in [0.2, 0.25) is 0 Å². The number of carbonyl (C=O) groups is 4. The summed E-state index contributed by atoms with van der Waals surface area (Å²) < 4.78 is 9.72. The average molecular weight is 402 g/mol. The van der Waals surface area contributed by atoms with Crippen molar-refractivity contribution in [1.82, 2.24) is 0 Å². The Morgan fingerprint density at radius 1 is 0.690 bits per heavy atom. The quantitative estimate of drug-likeness (QED) is 0.663. The van der Waals surface area contributed by atoms with Gasteiger partial charge in [0.15, 0.2) is 0 Å². The number of aryl methyl sites for hydroxylation is 1. The first-order valence-corrected chi connectivity index (χ1v) is 7.61. The molecule has 29 heavy (non-hydrogen) atoms. The minimum absolute atomic E-state index is 0.313. The van der Waals surface area contributed by atoms with Crippen LogP contribution >= 0.6 is 0 Å². The number of azo groups is 2.